The van der Waals surface area contributed by atoms with Crippen molar-refractivity contribution in [2.75, 3.05) is 0 Å². The summed E-state index contributed by atoms with van der Waals surface area (Å²) in [6.45, 7) is 7.05. The third kappa shape index (κ3) is 5.22. The molecule has 2 aromatic heterocycles. The summed E-state index contributed by atoms with van der Waals surface area (Å²) in [5.74, 6) is -1.55. The summed E-state index contributed by atoms with van der Waals surface area (Å²) in [4.78, 5) is 14.6. The van der Waals surface area contributed by atoms with Gasteiger partial charge in [0.05, 0.1) is 16.2 Å². The fourth-order valence-corrected chi connectivity index (χ4v) is 4.79. The van der Waals surface area contributed by atoms with Crippen molar-refractivity contribution >= 4 is 16.1 Å². The van der Waals surface area contributed by atoms with Crippen LogP contribution in [0.4, 0.5) is 13.6 Å². The number of nitrogens with zero attached hydrogens (tertiary/aromatic N) is 2. The fraction of sp³-hybridized carbons (Fsp3) is 0.304. The Morgan fingerprint density at radius 3 is 2.48 bits per heavy atom. The molecule has 0 aliphatic carbocycles. The molecule has 2 N–H and O–H groups in total. The first kappa shape index (κ1) is 24.4. The van der Waals surface area contributed by atoms with Gasteiger partial charge in [-0.05, 0) is 60.2 Å². The second-order valence-electron chi connectivity index (χ2n) is 8.86. The van der Waals surface area contributed by atoms with Gasteiger partial charge in [-0.15, -0.1) is 0 Å². The molecule has 0 saturated carbocycles. The number of aryl methyl sites for hydroxylation is 1. The molecule has 33 heavy (non-hydrogen) atoms. The molecular formula is C23H25F2N3O4S. The van der Waals surface area contributed by atoms with Gasteiger partial charge in [0.2, 0.25) is 5.95 Å². The second-order valence-corrected chi connectivity index (χ2v) is 10.7. The highest BCUT2D eigenvalue weighted by Gasteiger charge is 2.29. The molecule has 0 radical (unpaired) electrons. The highest BCUT2D eigenvalue weighted by atomic mass is 32.2. The van der Waals surface area contributed by atoms with Gasteiger partial charge in [-0.2, -0.15) is 4.39 Å². The van der Waals surface area contributed by atoms with Crippen LogP contribution in [0.1, 0.15) is 31.9 Å². The molecular weight excluding hydrogens is 452 g/mol. The number of pyridine rings is 1. The van der Waals surface area contributed by atoms with Crippen LogP contribution < -0.4 is 5.32 Å². The number of nitrogens with one attached hydrogen (secondary N) is 1. The van der Waals surface area contributed by atoms with E-state index in [0.717, 1.165) is 10.0 Å². The first-order chi connectivity index (χ1) is 15.3. The number of rotatable bonds is 6. The number of carboxylic acid groups (broad SMARTS) is 1. The van der Waals surface area contributed by atoms with E-state index in [9.17, 15) is 27.1 Å². The predicted octanol–water partition coefficient (Wildman–Crippen LogP) is 4.60. The molecule has 0 bridgehead atoms. The first-order valence-corrected chi connectivity index (χ1v) is 11.6. The smallest absolute Gasteiger partial charge is 0.404 e. The van der Waals surface area contributed by atoms with Crippen LogP contribution in [-0.2, 0) is 16.4 Å². The van der Waals surface area contributed by atoms with Gasteiger partial charge < -0.3 is 10.4 Å². The zero-order valence-corrected chi connectivity index (χ0v) is 19.5. The predicted molar refractivity (Wildman–Crippen MR) is 119 cm³/mol. The number of halogens is 2. The van der Waals surface area contributed by atoms with E-state index in [4.69, 9.17) is 0 Å². The highest BCUT2D eigenvalue weighted by molar-refractivity contribution is 7.90. The van der Waals surface area contributed by atoms with E-state index in [1.807, 2.05) is 20.8 Å². The number of benzene rings is 1. The lowest BCUT2D eigenvalue weighted by atomic mass is 9.83. The van der Waals surface area contributed by atoms with Crippen molar-refractivity contribution in [2.24, 2.45) is 5.41 Å². The van der Waals surface area contributed by atoms with Crippen molar-refractivity contribution in [1.82, 2.24) is 14.3 Å². The van der Waals surface area contributed by atoms with E-state index in [1.165, 1.54) is 49.6 Å². The fourth-order valence-electron chi connectivity index (χ4n) is 3.39. The van der Waals surface area contributed by atoms with E-state index in [0.29, 0.717) is 5.56 Å². The van der Waals surface area contributed by atoms with Crippen LogP contribution in [0.15, 0.2) is 53.7 Å². The summed E-state index contributed by atoms with van der Waals surface area (Å²) in [6, 6.07) is 7.32. The normalized spacial score (nSPS) is 13.0. The molecule has 0 spiro atoms. The molecule has 3 rings (SSSR count). The Labute approximate surface area is 191 Å². The van der Waals surface area contributed by atoms with Crippen molar-refractivity contribution in [3.63, 3.8) is 0 Å². The molecule has 0 fully saturated rings. The Hall–Kier alpha value is -3.27. The van der Waals surface area contributed by atoms with Gasteiger partial charge in [-0.25, -0.2) is 26.6 Å². The highest BCUT2D eigenvalue weighted by Crippen LogP contribution is 2.31. The molecule has 2 heterocycles. The van der Waals surface area contributed by atoms with E-state index in [2.05, 4.69) is 10.3 Å². The molecule has 7 nitrogen and oxygen atoms in total. The average molecular weight is 478 g/mol. The van der Waals surface area contributed by atoms with Crippen molar-refractivity contribution in [1.29, 1.82) is 0 Å². The van der Waals surface area contributed by atoms with E-state index >= 15 is 0 Å². The molecule has 0 aliphatic heterocycles. The minimum atomic E-state index is -4.30. The minimum Gasteiger partial charge on any atom is -0.465 e. The molecule has 3 aromatic rings. The van der Waals surface area contributed by atoms with Gasteiger partial charge in [-0.1, -0.05) is 26.8 Å². The number of hydrogen-bond acceptors (Lipinski definition) is 4. The summed E-state index contributed by atoms with van der Waals surface area (Å²) in [5, 5.41) is 11.7. The maximum atomic E-state index is 14.5. The van der Waals surface area contributed by atoms with Gasteiger partial charge in [0.15, 0.2) is 0 Å². The third-order valence-electron chi connectivity index (χ3n) is 5.36. The Kier molecular flexibility index (Phi) is 6.60. The van der Waals surface area contributed by atoms with Crippen LogP contribution in [0, 0.1) is 24.1 Å². The minimum absolute atomic E-state index is 0.000401. The number of amides is 1. The zero-order valence-electron chi connectivity index (χ0n) is 18.6. The van der Waals surface area contributed by atoms with Crippen LogP contribution in [0.25, 0.3) is 11.3 Å². The summed E-state index contributed by atoms with van der Waals surface area (Å²) in [7, 11) is -4.30. The molecule has 1 aromatic carbocycles. The Bertz CT molecular complexity index is 1300. The largest absolute Gasteiger partial charge is 0.465 e. The van der Waals surface area contributed by atoms with E-state index < -0.39 is 39.3 Å². The van der Waals surface area contributed by atoms with Gasteiger partial charge in [0.1, 0.15) is 5.82 Å². The lowest BCUT2D eigenvalue weighted by molar-refractivity contribution is 0.174. The molecule has 0 aliphatic rings. The molecule has 1 amide bonds. The number of aromatic nitrogens is 2. The van der Waals surface area contributed by atoms with Crippen molar-refractivity contribution < 1.29 is 27.1 Å². The SMILES string of the molecule is Cc1ccc(S(=O)(=O)n2cc(CC(NC(=O)O)C(C)(C)C)cc2-c2cccnc2F)cc1F. The van der Waals surface area contributed by atoms with Crippen LogP contribution in [-0.4, -0.2) is 34.6 Å². The third-order valence-corrected chi connectivity index (χ3v) is 7.03. The lowest BCUT2D eigenvalue weighted by Gasteiger charge is -2.30. The Balaban J connectivity index is 2.18. The van der Waals surface area contributed by atoms with Crippen LogP contribution in [0.2, 0.25) is 0 Å². The topological polar surface area (TPSA) is 101 Å². The van der Waals surface area contributed by atoms with Gasteiger partial charge in [0.25, 0.3) is 10.0 Å². The van der Waals surface area contributed by atoms with Crippen LogP contribution in [0.3, 0.4) is 0 Å². The average Bonchev–Trinajstić information content (AvgIpc) is 3.13. The van der Waals surface area contributed by atoms with Crippen molar-refractivity contribution in [2.45, 2.75) is 45.1 Å². The lowest BCUT2D eigenvalue weighted by Crippen LogP contribution is -2.44. The standard InChI is InChI=1S/C23H25F2N3O4S/c1-14-7-8-16(12-18(14)24)33(31,32)28-13-15(11-20(23(2,3)4)27-22(29)30)10-19(28)17-6-5-9-26-21(17)25/h5-10,12-13,20,27H,11H2,1-4H3,(H,29,30). The van der Waals surface area contributed by atoms with Crippen LogP contribution in [0.5, 0.6) is 0 Å². The van der Waals surface area contributed by atoms with E-state index in [-0.39, 0.29) is 28.1 Å². The summed E-state index contributed by atoms with van der Waals surface area (Å²) in [5.41, 5.74) is 0.198. The quantitative estimate of drug-likeness (QED) is 0.506. The van der Waals surface area contributed by atoms with Gasteiger partial charge in [0, 0.05) is 18.4 Å². The number of carbonyl (C=O) groups is 1. The monoisotopic (exact) mass is 477 g/mol. The van der Waals surface area contributed by atoms with Crippen LogP contribution >= 0.6 is 0 Å². The zero-order chi connectivity index (χ0) is 24.6. The molecule has 10 heteroatoms. The summed E-state index contributed by atoms with van der Waals surface area (Å²) >= 11 is 0. The number of hydrogen-bond donors (Lipinski definition) is 2. The van der Waals surface area contributed by atoms with Gasteiger partial charge >= 0.3 is 6.09 Å². The molecule has 0 saturated heterocycles. The van der Waals surface area contributed by atoms with E-state index in [1.54, 1.807) is 0 Å². The summed E-state index contributed by atoms with van der Waals surface area (Å²) < 4.78 is 56.4. The van der Waals surface area contributed by atoms with Gasteiger partial charge in [-0.3, -0.25) is 0 Å². The summed E-state index contributed by atoms with van der Waals surface area (Å²) in [6.07, 6.45) is 1.48. The maximum Gasteiger partial charge on any atom is 0.404 e. The molecule has 176 valence electrons. The molecule has 1 atom stereocenters. The molecule has 1 unspecified atom stereocenters. The Morgan fingerprint density at radius 1 is 1.21 bits per heavy atom. The Morgan fingerprint density at radius 2 is 1.91 bits per heavy atom. The maximum absolute atomic E-state index is 14.5. The first-order valence-electron chi connectivity index (χ1n) is 10.1. The van der Waals surface area contributed by atoms with Crippen molar-refractivity contribution in [3.05, 3.63) is 71.7 Å². The van der Waals surface area contributed by atoms with Crippen molar-refractivity contribution in [3.8, 4) is 11.3 Å². The second kappa shape index (κ2) is 8.93.